The maximum Gasteiger partial charge on any atom is 0.372 e. The molecule has 0 radical (unpaired) electrons. The summed E-state index contributed by atoms with van der Waals surface area (Å²) in [5.41, 5.74) is -0.156. The zero-order valence-electron chi connectivity index (χ0n) is 13.5. The number of nitro groups is 1. The van der Waals surface area contributed by atoms with Gasteiger partial charge in [0, 0.05) is 12.5 Å². The summed E-state index contributed by atoms with van der Waals surface area (Å²) >= 11 is 0. The fourth-order valence-electron chi connectivity index (χ4n) is 2.85. The van der Waals surface area contributed by atoms with E-state index in [9.17, 15) is 10.1 Å². The molecule has 0 aromatic carbocycles. The smallest absolute Gasteiger partial charge is 0.372 e. The van der Waals surface area contributed by atoms with Crippen LogP contribution in [0.2, 0.25) is 0 Å². The fraction of sp³-hybridized carbons (Fsp3) is 0.733. The van der Waals surface area contributed by atoms with Crippen LogP contribution in [-0.4, -0.2) is 27.5 Å². The quantitative estimate of drug-likeness (QED) is 0.640. The Labute approximate surface area is 130 Å². The predicted octanol–water partition coefficient (Wildman–Crippen LogP) is 3.34. The van der Waals surface area contributed by atoms with Gasteiger partial charge in [-0.25, -0.2) is 4.98 Å². The third-order valence-electron chi connectivity index (χ3n) is 4.11. The molecular weight excluding hydrogens is 284 g/mol. The van der Waals surface area contributed by atoms with E-state index in [1.54, 1.807) is 6.92 Å². The van der Waals surface area contributed by atoms with Crippen molar-refractivity contribution >= 4 is 11.5 Å². The Bertz CT molecular complexity index is 536. The van der Waals surface area contributed by atoms with Crippen molar-refractivity contribution in [1.82, 2.24) is 9.97 Å². The summed E-state index contributed by atoms with van der Waals surface area (Å²) in [5.74, 6) is 1.38. The van der Waals surface area contributed by atoms with Crippen LogP contribution in [0.5, 0.6) is 5.88 Å². The summed E-state index contributed by atoms with van der Waals surface area (Å²) in [4.78, 5) is 19.5. The van der Waals surface area contributed by atoms with Crippen molar-refractivity contribution in [3.05, 3.63) is 15.9 Å². The normalized spacial score (nSPS) is 21.4. The number of hydrogen-bond donors (Lipinski definition) is 1. The molecule has 1 N–H and O–H groups in total. The van der Waals surface area contributed by atoms with Crippen molar-refractivity contribution in [2.75, 3.05) is 11.9 Å². The number of anilines is 1. The standard InChI is InChI=1S/C15H24N4O3/c1-4-12-17-14(16-11-9-7-6-8-10(11)3)13(19(20)21)15(18-12)22-5-2/h10-11H,4-9H2,1-3H3,(H,16,17,18). The van der Waals surface area contributed by atoms with Gasteiger partial charge in [0.25, 0.3) is 5.88 Å². The van der Waals surface area contributed by atoms with Gasteiger partial charge in [0.15, 0.2) is 0 Å². The Hall–Kier alpha value is -1.92. The zero-order chi connectivity index (χ0) is 16.1. The fourth-order valence-corrected chi connectivity index (χ4v) is 2.85. The van der Waals surface area contributed by atoms with E-state index in [-0.39, 0.29) is 17.6 Å². The summed E-state index contributed by atoms with van der Waals surface area (Å²) in [6, 6.07) is 0.210. The van der Waals surface area contributed by atoms with E-state index in [2.05, 4.69) is 22.2 Å². The molecule has 7 nitrogen and oxygen atoms in total. The molecule has 1 fully saturated rings. The van der Waals surface area contributed by atoms with E-state index in [1.807, 2.05) is 6.92 Å². The Balaban J connectivity index is 2.38. The lowest BCUT2D eigenvalue weighted by Gasteiger charge is -2.29. The topological polar surface area (TPSA) is 90.2 Å². The highest BCUT2D eigenvalue weighted by Gasteiger charge is 2.29. The summed E-state index contributed by atoms with van der Waals surface area (Å²) < 4.78 is 5.36. The number of nitrogens with one attached hydrogen (secondary N) is 1. The van der Waals surface area contributed by atoms with Gasteiger partial charge >= 0.3 is 5.69 Å². The van der Waals surface area contributed by atoms with Crippen LogP contribution in [0.4, 0.5) is 11.5 Å². The lowest BCUT2D eigenvalue weighted by atomic mass is 9.86. The Morgan fingerprint density at radius 1 is 1.32 bits per heavy atom. The van der Waals surface area contributed by atoms with Crippen LogP contribution >= 0.6 is 0 Å². The molecule has 1 aromatic rings. The average molecular weight is 308 g/mol. The molecule has 0 amide bonds. The second kappa shape index (κ2) is 7.38. The van der Waals surface area contributed by atoms with Crippen LogP contribution in [0.3, 0.4) is 0 Å². The third kappa shape index (κ3) is 3.64. The van der Waals surface area contributed by atoms with E-state index in [0.717, 1.165) is 19.3 Å². The highest BCUT2D eigenvalue weighted by Crippen LogP contribution is 2.35. The van der Waals surface area contributed by atoms with Crippen LogP contribution < -0.4 is 10.1 Å². The van der Waals surface area contributed by atoms with Gasteiger partial charge in [-0.05, 0) is 25.7 Å². The summed E-state index contributed by atoms with van der Waals surface area (Å²) in [6.07, 6.45) is 5.10. The molecule has 2 unspecified atom stereocenters. The molecule has 0 spiro atoms. The first-order chi connectivity index (χ1) is 10.6. The molecular formula is C15H24N4O3. The van der Waals surface area contributed by atoms with Crippen LogP contribution in [0.25, 0.3) is 0 Å². The van der Waals surface area contributed by atoms with Crippen LogP contribution in [-0.2, 0) is 6.42 Å². The lowest BCUT2D eigenvalue weighted by Crippen LogP contribution is -2.31. The second-order valence-corrected chi connectivity index (χ2v) is 5.70. The van der Waals surface area contributed by atoms with E-state index in [0.29, 0.717) is 30.6 Å². The third-order valence-corrected chi connectivity index (χ3v) is 4.11. The molecule has 0 bridgehead atoms. The number of nitrogens with zero attached hydrogens (tertiary/aromatic N) is 3. The molecule has 122 valence electrons. The van der Waals surface area contributed by atoms with Crippen molar-refractivity contribution in [2.24, 2.45) is 5.92 Å². The number of ether oxygens (including phenoxy) is 1. The van der Waals surface area contributed by atoms with E-state index in [4.69, 9.17) is 4.74 Å². The minimum absolute atomic E-state index is 0.0605. The Morgan fingerprint density at radius 3 is 2.64 bits per heavy atom. The largest absolute Gasteiger partial charge is 0.473 e. The van der Waals surface area contributed by atoms with Gasteiger partial charge in [-0.15, -0.1) is 0 Å². The number of aromatic nitrogens is 2. The molecule has 0 aliphatic heterocycles. The number of hydrogen-bond acceptors (Lipinski definition) is 6. The van der Waals surface area contributed by atoms with Gasteiger partial charge in [0.05, 0.1) is 11.5 Å². The highest BCUT2D eigenvalue weighted by molar-refractivity contribution is 5.62. The maximum atomic E-state index is 11.4. The van der Waals surface area contributed by atoms with Gasteiger partial charge < -0.3 is 10.1 Å². The molecule has 1 heterocycles. The van der Waals surface area contributed by atoms with Gasteiger partial charge in [0.1, 0.15) is 5.82 Å². The van der Waals surface area contributed by atoms with Gasteiger partial charge in [0.2, 0.25) is 5.82 Å². The van der Waals surface area contributed by atoms with Crippen molar-refractivity contribution in [2.45, 2.75) is 58.9 Å². The molecule has 7 heteroatoms. The van der Waals surface area contributed by atoms with E-state index in [1.165, 1.54) is 6.42 Å². The van der Waals surface area contributed by atoms with Crippen LogP contribution in [0.15, 0.2) is 0 Å². The Kier molecular flexibility index (Phi) is 5.51. The van der Waals surface area contributed by atoms with Crippen molar-refractivity contribution in [1.29, 1.82) is 0 Å². The van der Waals surface area contributed by atoms with Crippen molar-refractivity contribution in [3.63, 3.8) is 0 Å². The molecule has 1 saturated carbocycles. The monoisotopic (exact) mass is 308 g/mol. The lowest BCUT2D eigenvalue weighted by molar-refractivity contribution is -0.385. The second-order valence-electron chi connectivity index (χ2n) is 5.70. The maximum absolute atomic E-state index is 11.4. The summed E-state index contributed by atoms with van der Waals surface area (Å²) in [5, 5.41) is 14.7. The van der Waals surface area contributed by atoms with Crippen LogP contribution in [0.1, 0.15) is 52.3 Å². The van der Waals surface area contributed by atoms with Crippen molar-refractivity contribution < 1.29 is 9.66 Å². The first-order valence-electron chi connectivity index (χ1n) is 8.01. The first kappa shape index (κ1) is 16.5. The molecule has 2 atom stereocenters. The molecule has 22 heavy (non-hydrogen) atoms. The van der Waals surface area contributed by atoms with Gasteiger partial charge in [-0.2, -0.15) is 4.98 Å². The molecule has 1 aromatic heterocycles. The highest BCUT2D eigenvalue weighted by atomic mass is 16.6. The average Bonchev–Trinajstić information content (AvgIpc) is 2.49. The zero-order valence-corrected chi connectivity index (χ0v) is 13.5. The van der Waals surface area contributed by atoms with Crippen molar-refractivity contribution in [3.8, 4) is 5.88 Å². The van der Waals surface area contributed by atoms with Crippen LogP contribution in [0, 0.1) is 16.0 Å². The molecule has 1 aliphatic carbocycles. The minimum atomic E-state index is -0.458. The minimum Gasteiger partial charge on any atom is -0.473 e. The van der Waals surface area contributed by atoms with Gasteiger partial charge in [-0.3, -0.25) is 10.1 Å². The Morgan fingerprint density at radius 2 is 2.05 bits per heavy atom. The predicted molar refractivity (Wildman–Crippen MR) is 84.3 cm³/mol. The number of rotatable bonds is 6. The molecule has 1 aliphatic rings. The molecule has 2 rings (SSSR count). The van der Waals surface area contributed by atoms with Gasteiger partial charge in [-0.1, -0.05) is 26.7 Å². The molecule has 0 saturated heterocycles. The summed E-state index contributed by atoms with van der Waals surface area (Å²) in [6.45, 7) is 6.21. The SMILES string of the molecule is CCOc1nc(CC)nc(NC2CCCCC2C)c1[N+](=O)[O-]. The summed E-state index contributed by atoms with van der Waals surface area (Å²) in [7, 11) is 0. The first-order valence-corrected chi connectivity index (χ1v) is 8.01. The van der Waals surface area contributed by atoms with E-state index >= 15 is 0 Å². The number of aryl methyl sites for hydroxylation is 1. The van der Waals surface area contributed by atoms with E-state index < -0.39 is 4.92 Å².